The van der Waals surface area contributed by atoms with E-state index in [0.717, 1.165) is 0 Å². The second-order valence-corrected chi connectivity index (χ2v) is 3.94. The summed E-state index contributed by atoms with van der Waals surface area (Å²) in [4.78, 5) is 18.9. The molecule has 0 saturated carbocycles. The molecular weight excluding hydrogens is 220 g/mol. The summed E-state index contributed by atoms with van der Waals surface area (Å²) < 4.78 is 0. The number of aliphatic carboxylic acids is 1. The molecule has 0 aliphatic heterocycles. The van der Waals surface area contributed by atoms with Gasteiger partial charge in [0.25, 0.3) is 0 Å². The number of anilines is 1. The molecule has 6 heteroatoms. The van der Waals surface area contributed by atoms with E-state index in [1.165, 1.54) is 12.4 Å². The summed E-state index contributed by atoms with van der Waals surface area (Å²) in [7, 11) is 0. The lowest BCUT2D eigenvalue weighted by Crippen LogP contribution is -2.34. The van der Waals surface area contributed by atoms with E-state index in [1.807, 2.05) is 6.07 Å². The third-order valence-electron chi connectivity index (χ3n) is 2.75. The van der Waals surface area contributed by atoms with Gasteiger partial charge >= 0.3 is 5.97 Å². The first-order valence-corrected chi connectivity index (χ1v) is 5.22. The molecule has 1 unspecified atom stereocenters. The lowest BCUT2D eigenvalue weighted by Gasteiger charge is -2.23. The number of rotatable bonds is 5. The lowest BCUT2D eigenvalue weighted by atomic mass is 9.88. The summed E-state index contributed by atoms with van der Waals surface area (Å²) in [6.07, 6.45) is 3.35. The van der Waals surface area contributed by atoms with Gasteiger partial charge in [-0.2, -0.15) is 5.26 Å². The molecule has 2 N–H and O–H groups in total. The van der Waals surface area contributed by atoms with Gasteiger partial charge in [0.1, 0.15) is 6.07 Å². The van der Waals surface area contributed by atoms with Gasteiger partial charge in [-0.3, -0.25) is 4.79 Å². The summed E-state index contributed by atoms with van der Waals surface area (Å²) in [5.74, 6) is -0.564. The Morgan fingerprint density at radius 1 is 1.59 bits per heavy atom. The van der Waals surface area contributed by atoms with Crippen LogP contribution in [-0.4, -0.2) is 27.6 Å². The van der Waals surface area contributed by atoms with Crippen molar-refractivity contribution >= 4 is 11.8 Å². The smallest absolute Gasteiger partial charge is 0.311 e. The maximum absolute atomic E-state index is 11.1. The second-order valence-electron chi connectivity index (χ2n) is 3.94. The third-order valence-corrected chi connectivity index (χ3v) is 2.75. The Balaban J connectivity index is 2.80. The fraction of sp³-hybridized carbons (Fsp3) is 0.455. The molecular formula is C11H14N4O2. The van der Waals surface area contributed by atoms with Gasteiger partial charge < -0.3 is 10.4 Å². The lowest BCUT2D eigenvalue weighted by molar-refractivity contribution is -0.147. The predicted molar refractivity (Wildman–Crippen MR) is 61.3 cm³/mol. The Morgan fingerprint density at radius 2 is 2.24 bits per heavy atom. The molecule has 0 aromatic carbocycles. The maximum Gasteiger partial charge on any atom is 0.311 e. The van der Waals surface area contributed by atoms with E-state index in [4.69, 9.17) is 10.4 Å². The minimum Gasteiger partial charge on any atom is -0.481 e. The number of aromatic nitrogens is 2. The van der Waals surface area contributed by atoms with Crippen molar-refractivity contribution in [2.75, 3.05) is 11.9 Å². The summed E-state index contributed by atoms with van der Waals surface area (Å²) >= 11 is 0. The number of nitriles is 1. The standard InChI is InChI=1S/C11H14N4O2/c1-3-11(2,10(16)17)7-15-9-8(6-12)13-4-5-14-9/h4-5H,3,7H2,1-2H3,(H,14,15)(H,16,17). The van der Waals surface area contributed by atoms with E-state index in [9.17, 15) is 4.79 Å². The average molecular weight is 234 g/mol. The Hall–Kier alpha value is -2.16. The predicted octanol–water partition coefficient (Wildman–Crippen LogP) is 1.26. The van der Waals surface area contributed by atoms with Gasteiger partial charge in [-0.1, -0.05) is 6.92 Å². The van der Waals surface area contributed by atoms with Crippen LogP contribution in [0.15, 0.2) is 12.4 Å². The van der Waals surface area contributed by atoms with Crippen molar-refractivity contribution < 1.29 is 9.90 Å². The SMILES string of the molecule is CCC(C)(CNc1nccnc1C#N)C(=O)O. The monoisotopic (exact) mass is 234 g/mol. The molecule has 0 radical (unpaired) electrons. The van der Waals surface area contributed by atoms with E-state index in [0.29, 0.717) is 12.2 Å². The van der Waals surface area contributed by atoms with Crippen molar-refractivity contribution in [1.82, 2.24) is 9.97 Å². The number of carbonyl (C=O) groups is 1. The fourth-order valence-corrected chi connectivity index (χ4v) is 1.18. The molecule has 17 heavy (non-hydrogen) atoms. The minimum atomic E-state index is -0.885. The van der Waals surface area contributed by atoms with Crippen molar-refractivity contribution in [3.8, 4) is 6.07 Å². The first-order chi connectivity index (χ1) is 8.03. The first-order valence-electron chi connectivity index (χ1n) is 5.22. The summed E-state index contributed by atoms with van der Waals surface area (Å²) in [5.41, 5.74) is -0.721. The molecule has 0 saturated heterocycles. The van der Waals surface area contributed by atoms with Gasteiger partial charge in [0.2, 0.25) is 0 Å². The topological polar surface area (TPSA) is 98.9 Å². The minimum absolute atomic E-state index is 0.163. The highest BCUT2D eigenvalue weighted by Gasteiger charge is 2.31. The van der Waals surface area contributed by atoms with Crippen LogP contribution in [0.3, 0.4) is 0 Å². The Labute approximate surface area is 99.3 Å². The highest BCUT2D eigenvalue weighted by atomic mass is 16.4. The molecule has 6 nitrogen and oxygen atoms in total. The second kappa shape index (κ2) is 5.25. The molecule has 0 amide bonds. The molecule has 1 heterocycles. The van der Waals surface area contributed by atoms with Crippen molar-refractivity contribution in [3.05, 3.63) is 18.1 Å². The largest absolute Gasteiger partial charge is 0.481 e. The van der Waals surface area contributed by atoms with Crippen LogP contribution >= 0.6 is 0 Å². The van der Waals surface area contributed by atoms with Crippen LogP contribution in [0.2, 0.25) is 0 Å². The van der Waals surface area contributed by atoms with Gasteiger partial charge in [-0.25, -0.2) is 9.97 Å². The zero-order chi connectivity index (χ0) is 12.9. The van der Waals surface area contributed by atoms with Crippen LogP contribution < -0.4 is 5.32 Å². The van der Waals surface area contributed by atoms with Crippen LogP contribution in [0.1, 0.15) is 26.0 Å². The van der Waals surface area contributed by atoms with Crippen molar-refractivity contribution in [2.45, 2.75) is 20.3 Å². The summed E-state index contributed by atoms with van der Waals surface area (Å²) in [6, 6.07) is 1.90. The first kappa shape index (κ1) is 12.9. The fourth-order valence-electron chi connectivity index (χ4n) is 1.18. The van der Waals surface area contributed by atoms with Gasteiger partial charge in [0.05, 0.1) is 5.41 Å². The highest BCUT2D eigenvalue weighted by molar-refractivity contribution is 5.75. The quantitative estimate of drug-likeness (QED) is 0.795. The molecule has 1 aromatic rings. The number of hydrogen-bond donors (Lipinski definition) is 2. The van der Waals surface area contributed by atoms with E-state index >= 15 is 0 Å². The number of carboxylic acid groups (broad SMARTS) is 1. The van der Waals surface area contributed by atoms with E-state index in [-0.39, 0.29) is 12.2 Å². The molecule has 0 fully saturated rings. The van der Waals surface area contributed by atoms with Crippen molar-refractivity contribution in [3.63, 3.8) is 0 Å². The number of nitrogens with one attached hydrogen (secondary N) is 1. The van der Waals surface area contributed by atoms with Crippen LogP contribution in [-0.2, 0) is 4.79 Å². The van der Waals surface area contributed by atoms with Gasteiger partial charge in [-0.05, 0) is 13.3 Å². The molecule has 0 spiro atoms. The van der Waals surface area contributed by atoms with Crippen molar-refractivity contribution in [1.29, 1.82) is 5.26 Å². The van der Waals surface area contributed by atoms with Crippen LogP contribution in [0.25, 0.3) is 0 Å². The zero-order valence-corrected chi connectivity index (χ0v) is 9.77. The maximum atomic E-state index is 11.1. The van der Waals surface area contributed by atoms with E-state index in [1.54, 1.807) is 13.8 Å². The number of nitrogens with zero attached hydrogens (tertiary/aromatic N) is 3. The Kier molecular flexibility index (Phi) is 3.99. The molecule has 0 bridgehead atoms. The molecule has 0 aliphatic rings. The average Bonchev–Trinajstić information content (AvgIpc) is 2.36. The molecule has 1 atom stereocenters. The third kappa shape index (κ3) is 2.91. The summed E-state index contributed by atoms with van der Waals surface area (Å²) in [6.45, 7) is 3.65. The Morgan fingerprint density at radius 3 is 2.76 bits per heavy atom. The normalized spacial score (nSPS) is 13.5. The highest BCUT2D eigenvalue weighted by Crippen LogP contribution is 2.22. The Bertz CT molecular complexity index is 455. The molecule has 1 aromatic heterocycles. The van der Waals surface area contributed by atoms with E-state index < -0.39 is 11.4 Å². The zero-order valence-electron chi connectivity index (χ0n) is 9.77. The van der Waals surface area contributed by atoms with E-state index in [2.05, 4.69) is 15.3 Å². The van der Waals surface area contributed by atoms with Crippen LogP contribution in [0.4, 0.5) is 5.82 Å². The molecule has 1 rings (SSSR count). The molecule has 0 aliphatic carbocycles. The van der Waals surface area contributed by atoms with Gasteiger partial charge in [-0.15, -0.1) is 0 Å². The molecule has 90 valence electrons. The van der Waals surface area contributed by atoms with Crippen LogP contribution in [0, 0.1) is 16.7 Å². The van der Waals surface area contributed by atoms with Gasteiger partial charge in [0, 0.05) is 18.9 Å². The summed E-state index contributed by atoms with van der Waals surface area (Å²) in [5, 5.41) is 20.8. The van der Waals surface area contributed by atoms with Gasteiger partial charge in [0.15, 0.2) is 11.5 Å². The van der Waals surface area contributed by atoms with Crippen LogP contribution in [0.5, 0.6) is 0 Å². The number of hydrogen-bond acceptors (Lipinski definition) is 5. The number of carboxylic acids is 1. The van der Waals surface area contributed by atoms with Crippen molar-refractivity contribution in [2.24, 2.45) is 5.41 Å².